The van der Waals surface area contributed by atoms with Gasteiger partial charge in [-0.3, -0.25) is 0 Å². The van der Waals surface area contributed by atoms with Crippen LogP contribution in [0.4, 0.5) is 0 Å². The Morgan fingerprint density at radius 1 is 0.600 bits per heavy atom. The van der Waals surface area contributed by atoms with Crippen LogP contribution < -0.4 is 17.2 Å². The highest BCUT2D eigenvalue weighted by molar-refractivity contribution is 4.67. The predicted molar refractivity (Wildman–Crippen MR) is 90.1 cm³/mol. The molecule has 0 amide bonds. The van der Waals surface area contributed by atoms with Crippen LogP contribution >= 0.6 is 0 Å². The molecular formula is C17H37N3. The summed E-state index contributed by atoms with van der Waals surface area (Å²) < 4.78 is 0. The number of allylic oxidation sites excluding steroid dienone is 1. The molecule has 3 nitrogen and oxygen atoms in total. The number of hydrogen-bond donors (Lipinski definition) is 3. The van der Waals surface area contributed by atoms with Crippen molar-refractivity contribution in [3.63, 3.8) is 0 Å². The summed E-state index contributed by atoms with van der Waals surface area (Å²) in [5, 5.41) is 0. The van der Waals surface area contributed by atoms with Crippen LogP contribution in [0.25, 0.3) is 0 Å². The van der Waals surface area contributed by atoms with E-state index in [9.17, 15) is 0 Å². The Bertz CT molecular complexity index is 209. The third kappa shape index (κ3) is 17.6. The maximum Gasteiger partial charge on any atom is 0.115 e. The Morgan fingerprint density at radius 3 is 1.30 bits per heavy atom. The predicted octanol–water partition coefficient (Wildman–Crippen LogP) is 4.16. The summed E-state index contributed by atoms with van der Waals surface area (Å²) in [6.07, 6.45) is 19.9. The average molecular weight is 284 g/mol. The lowest BCUT2D eigenvalue weighted by atomic mass is 10.0. The van der Waals surface area contributed by atoms with E-state index < -0.39 is 5.79 Å². The lowest BCUT2D eigenvalue weighted by Gasteiger charge is -2.17. The normalized spacial score (nSPS) is 11.8. The average Bonchev–Trinajstić information content (AvgIpc) is 2.38. The molecule has 20 heavy (non-hydrogen) atoms. The van der Waals surface area contributed by atoms with Gasteiger partial charge in [0.1, 0.15) is 5.79 Å². The van der Waals surface area contributed by atoms with E-state index in [0.717, 1.165) is 12.8 Å². The van der Waals surface area contributed by atoms with Gasteiger partial charge in [-0.25, -0.2) is 0 Å². The lowest BCUT2D eigenvalue weighted by Crippen LogP contribution is -2.57. The second-order valence-electron chi connectivity index (χ2n) is 6.18. The van der Waals surface area contributed by atoms with E-state index in [1.165, 1.54) is 77.0 Å². The highest BCUT2D eigenvalue weighted by atomic mass is 15.1. The maximum atomic E-state index is 5.53. The van der Waals surface area contributed by atoms with E-state index in [4.69, 9.17) is 17.2 Å². The Labute approximate surface area is 126 Å². The second kappa shape index (κ2) is 13.6. The summed E-state index contributed by atoms with van der Waals surface area (Å²) >= 11 is 0. The Kier molecular flexibility index (Phi) is 13.3. The first-order valence-corrected chi connectivity index (χ1v) is 8.54. The molecule has 0 saturated carbocycles. The number of rotatable bonds is 15. The number of hydrogen-bond acceptors (Lipinski definition) is 3. The molecule has 0 heterocycles. The second-order valence-corrected chi connectivity index (χ2v) is 6.18. The molecule has 0 spiro atoms. The van der Waals surface area contributed by atoms with Crippen LogP contribution in [0, 0.1) is 0 Å². The molecule has 0 radical (unpaired) electrons. The van der Waals surface area contributed by atoms with Gasteiger partial charge in [0.25, 0.3) is 0 Å². The molecular weight excluding hydrogens is 246 g/mol. The molecule has 6 N–H and O–H groups in total. The van der Waals surface area contributed by atoms with Crippen LogP contribution in [-0.2, 0) is 0 Å². The van der Waals surface area contributed by atoms with Gasteiger partial charge in [0.05, 0.1) is 0 Å². The zero-order valence-electron chi connectivity index (χ0n) is 13.4. The minimum absolute atomic E-state index is 0.721. The van der Waals surface area contributed by atoms with Crippen molar-refractivity contribution >= 4 is 0 Å². The van der Waals surface area contributed by atoms with Crippen LogP contribution in [0.15, 0.2) is 12.7 Å². The lowest BCUT2D eigenvalue weighted by molar-refractivity contribution is 0.399. The van der Waals surface area contributed by atoms with Crippen LogP contribution in [0.3, 0.4) is 0 Å². The number of unbranched alkanes of at least 4 members (excludes halogenated alkanes) is 12. The van der Waals surface area contributed by atoms with Gasteiger partial charge in [0, 0.05) is 0 Å². The first-order chi connectivity index (χ1) is 9.56. The third-order valence-corrected chi connectivity index (χ3v) is 3.77. The summed E-state index contributed by atoms with van der Waals surface area (Å²) in [5.41, 5.74) is 16.6. The van der Waals surface area contributed by atoms with Gasteiger partial charge in [-0.1, -0.05) is 70.3 Å². The SMILES string of the molecule is C=CCCCCCCCCCCCCCCC(N)(N)N. The molecule has 0 aromatic rings. The van der Waals surface area contributed by atoms with Gasteiger partial charge in [-0.15, -0.1) is 6.58 Å². The molecule has 0 bridgehead atoms. The van der Waals surface area contributed by atoms with Gasteiger partial charge in [-0.2, -0.15) is 0 Å². The Hall–Kier alpha value is -0.380. The monoisotopic (exact) mass is 283 g/mol. The molecule has 3 heteroatoms. The van der Waals surface area contributed by atoms with E-state index >= 15 is 0 Å². The minimum atomic E-state index is -0.967. The van der Waals surface area contributed by atoms with Crippen LogP contribution in [0.1, 0.15) is 89.9 Å². The summed E-state index contributed by atoms with van der Waals surface area (Å²) in [6.45, 7) is 3.75. The van der Waals surface area contributed by atoms with E-state index in [2.05, 4.69) is 6.58 Å². The molecule has 0 rings (SSSR count). The van der Waals surface area contributed by atoms with Crippen molar-refractivity contribution in [1.29, 1.82) is 0 Å². The molecule has 0 aromatic heterocycles. The highest BCUT2D eigenvalue weighted by Gasteiger charge is 2.09. The fourth-order valence-corrected chi connectivity index (χ4v) is 2.49. The first kappa shape index (κ1) is 19.6. The molecule has 0 fully saturated rings. The summed E-state index contributed by atoms with van der Waals surface area (Å²) in [4.78, 5) is 0. The van der Waals surface area contributed by atoms with Crippen molar-refractivity contribution < 1.29 is 0 Å². The van der Waals surface area contributed by atoms with Crippen molar-refractivity contribution in [2.24, 2.45) is 17.2 Å². The third-order valence-electron chi connectivity index (χ3n) is 3.77. The number of nitrogens with two attached hydrogens (primary N) is 3. The summed E-state index contributed by atoms with van der Waals surface area (Å²) in [7, 11) is 0. The van der Waals surface area contributed by atoms with Crippen LogP contribution in [-0.4, -0.2) is 5.79 Å². The van der Waals surface area contributed by atoms with E-state index in [1.807, 2.05) is 6.08 Å². The topological polar surface area (TPSA) is 78.1 Å². The van der Waals surface area contributed by atoms with E-state index in [1.54, 1.807) is 0 Å². The standard InChI is InChI=1S/C17H37N3/c1-2-3-4-5-6-7-8-9-10-11-12-13-14-15-16-17(18,19)20/h2H,1,3-16,18-20H2. The quantitative estimate of drug-likeness (QED) is 0.240. The molecule has 0 aliphatic heterocycles. The molecule has 120 valence electrons. The smallest absolute Gasteiger partial charge is 0.115 e. The Balaban J connectivity index is 3.01. The summed E-state index contributed by atoms with van der Waals surface area (Å²) in [5.74, 6) is -0.967. The zero-order valence-corrected chi connectivity index (χ0v) is 13.4. The molecule has 0 atom stereocenters. The molecule has 0 saturated heterocycles. The fourth-order valence-electron chi connectivity index (χ4n) is 2.49. The van der Waals surface area contributed by atoms with Crippen molar-refractivity contribution in [2.45, 2.75) is 95.7 Å². The largest absolute Gasteiger partial charge is 0.301 e. The molecule has 0 aromatic carbocycles. The van der Waals surface area contributed by atoms with Gasteiger partial charge >= 0.3 is 0 Å². The molecule has 0 aliphatic rings. The van der Waals surface area contributed by atoms with E-state index in [0.29, 0.717) is 0 Å². The minimum Gasteiger partial charge on any atom is -0.301 e. The summed E-state index contributed by atoms with van der Waals surface area (Å²) in [6, 6.07) is 0. The van der Waals surface area contributed by atoms with Gasteiger partial charge in [0.2, 0.25) is 0 Å². The van der Waals surface area contributed by atoms with Gasteiger partial charge in [0.15, 0.2) is 0 Å². The van der Waals surface area contributed by atoms with Crippen LogP contribution in [0.5, 0.6) is 0 Å². The van der Waals surface area contributed by atoms with Crippen molar-refractivity contribution in [1.82, 2.24) is 0 Å². The Morgan fingerprint density at radius 2 is 0.950 bits per heavy atom. The van der Waals surface area contributed by atoms with Crippen molar-refractivity contribution in [2.75, 3.05) is 0 Å². The van der Waals surface area contributed by atoms with Crippen LogP contribution in [0.2, 0.25) is 0 Å². The van der Waals surface area contributed by atoms with Gasteiger partial charge < -0.3 is 17.2 Å². The van der Waals surface area contributed by atoms with Crippen molar-refractivity contribution in [3.05, 3.63) is 12.7 Å². The maximum absolute atomic E-state index is 5.53. The molecule has 0 unspecified atom stereocenters. The fraction of sp³-hybridized carbons (Fsp3) is 0.882. The van der Waals surface area contributed by atoms with Crippen molar-refractivity contribution in [3.8, 4) is 0 Å². The van der Waals surface area contributed by atoms with E-state index in [-0.39, 0.29) is 0 Å². The first-order valence-electron chi connectivity index (χ1n) is 8.54. The van der Waals surface area contributed by atoms with Gasteiger partial charge in [-0.05, 0) is 25.7 Å². The highest BCUT2D eigenvalue weighted by Crippen LogP contribution is 2.13. The molecule has 0 aliphatic carbocycles. The zero-order chi connectivity index (χ0) is 15.1.